The van der Waals surface area contributed by atoms with Crippen molar-refractivity contribution >= 4 is 5.97 Å². The van der Waals surface area contributed by atoms with Crippen molar-refractivity contribution in [2.24, 2.45) is 0 Å². The molecule has 1 saturated heterocycles. The summed E-state index contributed by atoms with van der Waals surface area (Å²) in [6.07, 6.45) is -2.50. The van der Waals surface area contributed by atoms with Crippen molar-refractivity contribution < 1.29 is 23.1 Å². The number of carbonyl (C=O) groups is 1. The fraction of sp³-hybridized carbons (Fsp3) is 0.462. The lowest BCUT2D eigenvalue weighted by Gasteiger charge is -2.13. The van der Waals surface area contributed by atoms with Crippen LogP contribution in [0.15, 0.2) is 24.3 Å². The van der Waals surface area contributed by atoms with Crippen molar-refractivity contribution in [3.63, 3.8) is 0 Å². The Hall–Kier alpha value is -1.56. The molecule has 0 radical (unpaired) electrons. The lowest BCUT2D eigenvalue weighted by Crippen LogP contribution is -2.36. The first kappa shape index (κ1) is 13.9. The molecule has 2 unspecified atom stereocenters. The summed E-state index contributed by atoms with van der Waals surface area (Å²) in [6, 6.07) is 4.46. The molecule has 19 heavy (non-hydrogen) atoms. The highest BCUT2D eigenvalue weighted by molar-refractivity contribution is 5.73. The number of benzene rings is 1. The molecule has 1 aliphatic rings. The van der Waals surface area contributed by atoms with Crippen molar-refractivity contribution in [1.29, 1.82) is 0 Å². The highest BCUT2D eigenvalue weighted by Crippen LogP contribution is 2.29. The van der Waals surface area contributed by atoms with E-state index in [2.05, 4.69) is 5.32 Å². The molecule has 1 aliphatic heterocycles. The summed E-state index contributed by atoms with van der Waals surface area (Å²) in [5.41, 5.74) is 0.107. The lowest BCUT2D eigenvalue weighted by molar-refractivity contribution is -0.139. The van der Waals surface area contributed by atoms with Crippen molar-refractivity contribution in [3.8, 4) is 0 Å². The SMILES string of the molecule is O=C(O)C1CCC(Cc2ccc(C(F)(F)F)cc2)N1. The van der Waals surface area contributed by atoms with Gasteiger partial charge in [-0.2, -0.15) is 13.2 Å². The summed E-state index contributed by atoms with van der Waals surface area (Å²) >= 11 is 0. The number of nitrogens with one attached hydrogen (secondary N) is 1. The van der Waals surface area contributed by atoms with Gasteiger partial charge in [0.2, 0.25) is 0 Å². The summed E-state index contributed by atoms with van der Waals surface area (Å²) < 4.78 is 37.2. The van der Waals surface area contributed by atoms with Crippen molar-refractivity contribution in [3.05, 3.63) is 35.4 Å². The highest BCUT2D eigenvalue weighted by atomic mass is 19.4. The molecule has 2 atom stereocenters. The minimum atomic E-state index is -4.32. The van der Waals surface area contributed by atoms with Gasteiger partial charge in [-0.25, -0.2) is 0 Å². The van der Waals surface area contributed by atoms with E-state index in [1.54, 1.807) is 0 Å². The van der Waals surface area contributed by atoms with E-state index < -0.39 is 23.8 Å². The zero-order chi connectivity index (χ0) is 14.0. The van der Waals surface area contributed by atoms with Gasteiger partial charge >= 0.3 is 12.1 Å². The van der Waals surface area contributed by atoms with Crippen LogP contribution in [0.1, 0.15) is 24.0 Å². The number of rotatable bonds is 3. The van der Waals surface area contributed by atoms with Crippen LogP contribution >= 0.6 is 0 Å². The van der Waals surface area contributed by atoms with Crippen LogP contribution in [0.3, 0.4) is 0 Å². The van der Waals surface area contributed by atoms with Crippen molar-refractivity contribution in [2.75, 3.05) is 0 Å². The number of hydrogen-bond donors (Lipinski definition) is 2. The molecule has 3 nitrogen and oxygen atoms in total. The van der Waals surface area contributed by atoms with E-state index in [-0.39, 0.29) is 6.04 Å². The van der Waals surface area contributed by atoms with Crippen LogP contribution < -0.4 is 5.32 Å². The molecular formula is C13H14F3NO2. The Morgan fingerprint density at radius 3 is 2.37 bits per heavy atom. The summed E-state index contributed by atoms with van der Waals surface area (Å²) in [5, 5.41) is 11.8. The predicted molar refractivity (Wildman–Crippen MR) is 62.7 cm³/mol. The maximum Gasteiger partial charge on any atom is 0.416 e. The van der Waals surface area contributed by atoms with Crippen LogP contribution in [0.4, 0.5) is 13.2 Å². The highest BCUT2D eigenvalue weighted by Gasteiger charge is 2.31. The fourth-order valence-electron chi connectivity index (χ4n) is 2.29. The monoisotopic (exact) mass is 273 g/mol. The Balaban J connectivity index is 1.96. The average Bonchev–Trinajstić information content (AvgIpc) is 2.77. The quantitative estimate of drug-likeness (QED) is 0.889. The third-order valence-corrected chi connectivity index (χ3v) is 3.30. The molecule has 0 aliphatic carbocycles. The van der Waals surface area contributed by atoms with E-state index in [9.17, 15) is 18.0 Å². The molecule has 1 aromatic carbocycles. The van der Waals surface area contributed by atoms with Crippen molar-refractivity contribution in [2.45, 2.75) is 37.5 Å². The standard InChI is InChI=1S/C13H14F3NO2/c14-13(15,16)9-3-1-8(2-4-9)7-10-5-6-11(17-10)12(18)19/h1-4,10-11,17H,5-7H2,(H,18,19). The van der Waals surface area contributed by atoms with E-state index in [1.807, 2.05) is 0 Å². The third kappa shape index (κ3) is 3.47. The summed E-state index contributed by atoms with van der Waals surface area (Å²) in [5.74, 6) is -0.880. The van der Waals surface area contributed by atoms with Crippen LogP contribution in [0.25, 0.3) is 0 Å². The number of hydrogen-bond acceptors (Lipinski definition) is 2. The van der Waals surface area contributed by atoms with Gasteiger partial charge in [-0.3, -0.25) is 4.79 Å². The molecule has 1 fully saturated rings. The molecule has 104 valence electrons. The summed E-state index contributed by atoms with van der Waals surface area (Å²) in [6.45, 7) is 0. The second-order valence-electron chi connectivity index (χ2n) is 4.73. The van der Waals surface area contributed by atoms with Gasteiger partial charge in [0.1, 0.15) is 6.04 Å². The Morgan fingerprint density at radius 2 is 1.89 bits per heavy atom. The number of carboxylic acid groups (broad SMARTS) is 1. The molecule has 1 heterocycles. The van der Waals surface area contributed by atoms with Crippen LogP contribution in [-0.4, -0.2) is 23.2 Å². The Labute approximate surface area is 108 Å². The van der Waals surface area contributed by atoms with Crippen LogP contribution in [0, 0.1) is 0 Å². The normalized spacial score (nSPS) is 23.5. The first-order valence-corrected chi connectivity index (χ1v) is 6.01. The predicted octanol–water partition coefficient (Wildman–Crippen LogP) is 2.45. The summed E-state index contributed by atoms with van der Waals surface area (Å²) in [4.78, 5) is 10.8. The van der Waals surface area contributed by atoms with Gasteiger partial charge < -0.3 is 10.4 Å². The third-order valence-electron chi connectivity index (χ3n) is 3.30. The van der Waals surface area contributed by atoms with E-state index >= 15 is 0 Å². The fourth-order valence-corrected chi connectivity index (χ4v) is 2.29. The van der Waals surface area contributed by atoms with E-state index in [1.165, 1.54) is 12.1 Å². The van der Waals surface area contributed by atoms with Crippen molar-refractivity contribution in [1.82, 2.24) is 5.32 Å². The minimum Gasteiger partial charge on any atom is -0.480 e. The molecule has 1 aromatic rings. The molecule has 0 bridgehead atoms. The average molecular weight is 273 g/mol. The molecule has 2 rings (SSSR count). The van der Waals surface area contributed by atoms with Gasteiger partial charge in [0.05, 0.1) is 5.56 Å². The molecule has 0 aromatic heterocycles. The minimum absolute atomic E-state index is 0.0119. The topological polar surface area (TPSA) is 49.3 Å². The Morgan fingerprint density at radius 1 is 1.26 bits per heavy atom. The Kier molecular flexibility index (Phi) is 3.80. The number of carboxylic acids is 1. The molecular weight excluding hydrogens is 259 g/mol. The second-order valence-corrected chi connectivity index (χ2v) is 4.73. The number of alkyl halides is 3. The molecule has 0 spiro atoms. The van der Waals surface area contributed by atoms with Gasteiger partial charge in [0.25, 0.3) is 0 Å². The van der Waals surface area contributed by atoms with Crippen LogP contribution in [0.2, 0.25) is 0 Å². The van der Waals surface area contributed by atoms with Gasteiger partial charge in [0, 0.05) is 6.04 Å². The van der Waals surface area contributed by atoms with E-state index in [0.717, 1.165) is 24.1 Å². The first-order chi connectivity index (χ1) is 8.86. The van der Waals surface area contributed by atoms with Gasteiger partial charge in [-0.15, -0.1) is 0 Å². The smallest absolute Gasteiger partial charge is 0.416 e. The summed E-state index contributed by atoms with van der Waals surface area (Å²) in [7, 11) is 0. The molecule has 6 heteroatoms. The zero-order valence-corrected chi connectivity index (χ0v) is 10.1. The largest absolute Gasteiger partial charge is 0.480 e. The van der Waals surface area contributed by atoms with E-state index in [0.29, 0.717) is 12.8 Å². The van der Waals surface area contributed by atoms with Crippen LogP contribution in [0.5, 0.6) is 0 Å². The second kappa shape index (κ2) is 5.21. The number of halogens is 3. The molecule has 0 amide bonds. The van der Waals surface area contributed by atoms with Gasteiger partial charge in [-0.05, 0) is 37.0 Å². The zero-order valence-electron chi connectivity index (χ0n) is 10.1. The van der Waals surface area contributed by atoms with E-state index in [4.69, 9.17) is 5.11 Å². The number of aliphatic carboxylic acids is 1. The molecule has 0 saturated carbocycles. The first-order valence-electron chi connectivity index (χ1n) is 6.01. The lowest BCUT2D eigenvalue weighted by atomic mass is 10.0. The van der Waals surface area contributed by atoms with Gasteiger partial charge in [0.15, 0.2) is 0 Å². The molecule has 2 N–H and O–H groups in total. The maximum atomic E-state index is 12.4. The van der Waals surface area contributed by atoms with Gasteiger partial charge in [-0.1, -0.05) is 12.1 Å². The van der Waals surface area contributed by atoms with Crippen LogP contribution in [-0.2, 0) is 17.4 Å². The maximum absolute atomic E-state index is 12.4. The Bertz CT molecular complexity index is 456.